The van der Waals surface area contributed by atoms with Gasteiger partial charge in [-0.3, -0.25) is 0 Å². The summed E-state index contributed by atoms with van der Waals surface area (Å²) in [5.74, 6) is 0.931. The molecule has 0 saturated carbocycles. The monoisotopic (exact) mass is 384 g/mol. The smallest absolute Gasteiger partial charge is 0.736 e. The zero-order valence-electron chi connectivity index (χ0n) is 16.7. The van der Waals surface area contributed by atoms with Gasteiger partial charge in [0.1, 0.15) is 11.5 Å². The molecule has 0 radical (unpaired) electrons. The zero-order chi connectivity index (χ0) is 18.8. The zero-order valence-corrected chi connectivity index (χ0v) is 19.6. The van der Waals surface area contributed by atoms with Crippen molar-refractivity contribution in [3.05, 3.63) is 58.7 Å². The van der Waals surface area contributed by atoms with Crippen LogP contribution in [-0.4, -0.2) is 0 Å². The summed E-state index contributed by atoms with van der Waals surface area (Å²) in [5, 5.41) is 0. The first-order valence-corrected chi connectivity index (χ1v) is 9.96. The minimum Gasteiger partial charge on any atom is -0.736 e. The van der Waals surface area contributed by atoms with E-state index in [0.29, 0.717) is 11.5 Å². The van der Waals surface area contributed by atoms with Crippen LogP contribution in [0.4, 0.5) is 0 Å². The van der Waals surface area contributed by atoms with Crippen LogP contribution in [0.15, 0.2) is 36.4 Å². The molecule has 0 N–H and O–H groups in total. The standard InChI is InChI=1S/C20H27O4P.Na/c1-13(2)17-9-7-15(5)11-19(17)23-25(21,22)24-20-12-16(6)8-10-18(20)14(3)4;/h7-14H,1-6H3,(H,21,22);/q;+1/p-1. The molecule has 0 heterocycles. The second-order valence-corrected chi connectivity index (χ2v) is 8.28. The number of phosphoric acid groups is 1. The number of hydrogen-bond acceptors (Lipinski definition) is 4. The molecule has 0 atom stereocenters. The van der Waals surface area contributed by atoms with Gasteiger partial charge in [0.15, 0.2) is 0 Å². The number of phosphoric ester groups is 1. The van der Waals surface area contributed by atoms with Crippen LogP contribution in [0.5, 0.6) is 11.5 Å². The third-order valence-electron chi connectivity index (χ3n) is 4.00. The average molecular weight is 384 g/mol. The number of aryl methyl sites for hydroxylation is 2. The molecule has 0 unspecified atom stereocenters. The van der Waals surface area contributed by atoms with Crippen LogP contribution in [0.2, 0.25) is 0 Å². The first kappa shape index (κ1) is 23.3. The second kappa shape index (κ2) is 9.43. The molecule has 0 saturated heterocycles. The maximum atomic E-state index is 12.5. The van der Waals surface area contributed by atoms with E-state index >= 15 is 0 Å². The third kappa shape index (κ3) is 6.14. The molecular formula is C20H26NaO4P. The van der Waals surface area contributed by atoms with Gasteiger partial charge >= 0.3 is 37.4 Å². The van der Waals surface area contributed by atoms with Crippen molar-refractivity contribution < 1.29 is 48.1 Å². The van der Waals surface area contributed by atoms with Gasteiger partial charge in [0.2, 0.25) is 0 Å². The molecule has 136 valence electrons. The summed E-state index contributed by atoms with van der Waals surface area (Å²) in [6.45, 7) is 11.8. The van der Waals surface area contributed by atoms with Crippen molar-refractivity contribution in [3.8, 4) is 11.5 Å². The van der Waals surface area contributed by atoms with Crippen LogP contribution in [0.25, 0.3) is 0 Å². The Balaban J connectivity index is 0.00000338. The molecule has 0 amide bonds. The second-order valence-electron chi connectivity index (χ2n) is 7.02. The van der Waals surface area contributed by atoms with E-state index in [0.717, 1.165) is 22.3 Å². The number of hydrogen-bond donors (Lipinski definition) is 0. The van der Waals surface area contributed by atoms with Gasteiger partial charge in [-0.1, -0.05) is 52.0 Å². The maximum absolute atomic E-state index is 12.5. The van der Waals surface area contributed by atoms with E-state index in [1.165, 1.54) is 0 Å². The van der Waals surface area contributed by atoms with Crippen molar-refractivity contribution in [2.24, 2.45) is 0 Å². The quantitative estimate of drug-likeness (QED) is 0.567. The van der Waals surface area contributed by atoms with Crippen LogP contribution < -0.4 is 43.5 Å². The molecule has 2 rings (SSSR count). The Morgan fingerprint density at radius 1 is 0.808 bits per heavy atom. The SMILES string of the molecule is Cc1ccc(C(C)C)c(OP(=O)([O-])Oc2cc(C)ccc2C(C)C)c1.[Na+]. The van der Waals surface area contributed by atoms with Gasteiger partial charge in [-0.2, -0.15) is 0 Å². The predicted octanol–water partition coefficient (Wildman–Crippen LogP) is 2.48. The summed E-state index contributed by atoms with van der Waals surface area (Å²) in [6, 6.07) is 11.1. The minimum absolute atomic E-state index is 0. The fourth-order valence-corrected chi connectivity index (χ4v) is 3.49. The number of rotatable bonds is 6. The molecule has 0 aliphatic rings. The van der Waals surface area contributed by atoms with Crippen LogP contribution in [-0.2, 0) is 4.57 Å². The van der Waals surface area contributed by atoms with Gasteiger partial charge in [0, 0.05) is 0 Å². The molecule has 4 nitrogen and oxygen atoms in total. The average Bonchev–Trinajstić information content (AvgIpc) is 2.45. The van der Waals surface area contributed by atoms with Gasteiger partial charge < -0.3 is 13.9 Å². The van der Waals surface area contributed by atoms with E-state index in [1.807, 2.05) is 65.8 Å². The Morgan fingerprint density at radius 2 is 1.15 bits per heavy atom. The summed E-state index contributed by atoms with van der Waals surface area (Å²) < 4.78 is 23.2. The van der Waals surface area contributed by atoms with Crippen LogP contribution in [0.1, 0.15) is 61.8 Å². The normalized spacial score (nSPS) is 11.4. The molecule has 0 bridgehead atoms. The van der Waals surface area contributed by atoms with E-state index in [1.54, 1.807) is 12.1 Å². The van der Waals surface area contributed by atoms with E-state index in [9.17, 15) is 9.46 Å². The van der Waals surface area contributed by atoms with Crippen LogP contribution in [0, 0.1) is 13.8 Å². The Morgan fingerprint density at radius 3 is 1.46 bits per heavy atom. The molecular weight excluding hydrogens is 358 g/mol. The first-order chi connectivity index (χ1) is 11.6. The predicted molar refractivity (Wildman–Crippen MR) is 99.4 cm³/mol. The van der Waals surface area contributed by atoms with Crippen molar-refractivity contribution in [2.45, 2.75) is 53.4 Å². The Hall–Kier alpha value is -0.770. The molecule has 2 aromatic rings. The van der Waals surface area contributed by atoms with Gasteiger partial charge in [-0.05, 0) is 60.1 Å². The van der Waals surface area contributed by atoms with Gasteiger partial charge in [0.05, 0.1) is 0 Å². The van der Waals surface area contributed by atoms with Gasteiger partial charge in [-0.15, -0.1) is 0 Å². The van der Waals surface area contributed by atoms with Crippen LogP contribution >= 0.6 is 7.82 Å². The summed E-state index contributed by atoms with van der Waals surface area (Å²) in [4.78, 5) is 12.5. The summed E-state index contributed by atoms with van der Waals surface area (Å²) in [6.07, 6.45) is 0. The molecule has 0 spiro atoms. The van der Waals surface area contributed by atoms with Crippen molar-refractivity contribution in [1.29, 1.82) is 0 Å². The summed E-state index contributed by atoms with van der Waals surface area (Å²) in [7, 11) is -4.56. The fourth-order valence-electron chi connectivity index (χ4n) is 2.65. The molecule has 2 aromatic carbocycles. The van der Waals surface area contributed by atoms with Crippen molar-refractivity contribution in [2.75, 3.05) is 0 Å². The summed E-state index contributed by atoms with van der Waals surface area (Å²) in [5.41, 5.74) is 3.52. The first-order valence-electron chi connectivity index (χ1n) is 8.50. The third-order valence-corrected chi connectivity index (χ3v) is 4.84. The summed E-state index contributed by atoms with van der Waals surface area (Å²) >= 11 is 0. The minimum atomic E-state index is -4.56. The molecule has 0 aliphatic carbocycles. The van der Waals surface area contributed by atoms with E-state index in [4.69, 9.17) is 9.05 Å². The maximum Gasteiger partial charge on any atom is 1.00 e. The Kier molecular flexibility index (Phi) is 8.44. The van der Waals surface area contributed by atoms with Crippen LogP contribution in [0.3, 0.4) is 0 Å². The van der Waals surface area contributed by atoms with E-state index in [2.05, 4.69) is 0 Å². The topological polar surface area (TPSA) is 58.6 Å². The van der Waals surface area contributed by atoms with Gasteiger partial charge in [0.25, 0.3) is 0 Å². The molecule has 0 aliphatic heterocycles. The van der Waals surface area contributed by atoms with Crippen molar-refractivity contribution in [1.82, 2.24) is 0 Å². The molecule has 0 aromatic heterocycles. The molecule has 0 fully saturated rings. The number of benzene rings is 2. The molecule has 26 heavy (non-hydrogen) atoms. The Labute approximate surface area is 178 Å². The largest absolute Gasteiger partial charge is 1.00 e. The van der Waals surface area contributed by atoms with Crippen molar-refractivity contribution in [3.63, 3.8) is 0 Å². The molecule has 6 heteroatoms. The van der Waals surface area contributed by atoms with Gasteiger partial charge in [-0.25, -0.2) is 4.57 Å². The van der Waals surface area contributed by atoms with E-state index in [-0.39, 0.29) is 41.4 Å². The Bertz CT molecular complexity index is 739. The van der Waals surface area contributed by atoms with Crippen molar-refractivity contribution >= 4 is 7.82 Å². The fraction of sp³-hybridized carbons (Fsp3) is 0.400. The van der Waals surface area contributed by atoms with E-state index < -0.39 is 7.82 Å².